The summed E-state index contributed by atoms with van der Waals surface area (Å²) < 4.78 is 31.8. The molecule has 2 saturated heterocycles. The van der Waals surface area contributed by atoms with Crippen LogP contribution in [-0.4, -0.2) is 36.6 Å². The smallest absolute Gasteiger partial charge is 0.457 e. The third-order valence-corrected chi connectivity index (χ3v) is 9.58. The Morgan fingerprint density at radius 1 is 0.525 bits per heavy atom. The molecule has 0 aliphatic carbocycles. The van der Waals surface area contributed by atoms with Gasteiger partial charge in [-0.15, -0.1) is 0 Å². The number of ether oxygens (including phenoxy) is 1. The summed E-state index contributed by atoms with van der Waals surface area (Å²) in [7, 11) is -0.817. The van der Waals surface area contributed by atoms with Gasteiger partial charge in [0, 0.05) is 16.5 Å². The fraction of sp³-hybridized carbons (Fsp3) is 0.515. The molecule has 3 aliphatic rings. The Labute approximate surface area is 241 Å². The Morgan fingerprint density at radius 3 is 1.52 bits per heavy atom. The second kappa shape index (κ2) is 9.35. The van der Waals surface area contributed by atoms with E-state index in [4.69, 9.17) is 23.4 Å². The maximum Gasteiger partial charge on any atom is 0.494 e. The van der Waals surface area contributed by atoms with Crippen LogP contribution in [0.4, 0.5) is 0 Å². The molecule has 0 N–H and O–H groups in total. The van der Waals surface area contributed by atoms with Gasteiger partial charge in [0.05, 0.1) is 22.4 Å². The summed E-state index contributed by atoms with van der Waals surface area (Å²) in [5.74, 6) is 1.73. The summed E-state index contributed by atoms with van der Waals surface area (Å²) >= 11 is 0. The second-order valence-corrected chi connectivity index (χ2v) is 13.6. The lowest BCUT2D eigenvalue weighted by molar-refractivity contribution is 0.00578. The zero-order valence-electron chi connectivity index (χ0n) is 26.3. The molecule has 0 bridgehead atoms. The summed E-state index contributed by atoms with van der Waals surface area (Å²) in [4.78, 5) is 0. The molecule has 6 rings (SSSR count). The highest BCUT2D eigenvalue weighted by Gasteiger charge is 2.53. The van der Waals surface area contributed by atoms with E-state index in [-0.39, 0.29) is 23.7 Å². The van der Waals surface area contributed by atoms with Crippen LogP contribution in [0.15, 0.2) is 48.5 Å². The Balaban J connectivity index is 0.00000158. The molecule has 0 unspecified atom stereocenters. The molecular formula is C33H44B2O5. The van der Waals surface area contributed by atoms with E-state index < -0.39 is 18.3 Å². The van der Waals surface area contributed by atoms with E-state index in [9.17, 15) is 0 Å². The van der Waals surface area contributed by atoms with Crippen molar-refractivity contribution in [3.8, 4) is 11.5 Å². The highest BCUT2D eigenvalue weighted by molar-refractivity contribution is 6.62. The molecule has 3 aromatic carbocycles. The van der Waals surface area contributed by atoms with Crippen LogP contribution in [-0.2, 0) is 24.0 Å². The summed E-state index contributed by atoms with van der Waals surface area (Å²) in [5.41, 5.74) is 2.53. The summed E-state index contributed by atoms with van der Waals surface area (Å²) in [6, 6.07) is 17.0. The van der Waals surface area contributed by atoms with Gasteiger partial charge < -0.3 is 23.4 Å². The fourth-order valence-electron chi connectivity index (χ4n) is 5.70. The number of hydrogen-bond acceptors (Lipinski definition) is 5. The largest absolute Gasteiger partial charge is 0.494 e. The Kier molecular flexibility index (Phi) is 6.83. The van der Waals surface area contributed by atoms with Crippen LogP contribution < -0.4 is 15.7 Å². The van der Waals surface area contributed by atoms with Gasteiger partial charge in [0.25, 0.3) is 0 Å². The Morgan fingerprint density at radius 2 is 1.00 bits per heavy atom. The minimum Gasteiger partial charge on any atom is -0.457 e. The van der Waals surface area contributed by atoms with Gasteiger partial charge in [0.1, 0.15) is 11.5 Å². The van der Waals surface area contributed by atoms with Gasteiger partial charge in [-0.25, -0.2) is 0 Å². The summed E-state index contributed by atoms with van der Waals surface area (Å²) in [6.45, 7) is 25.2. The summed E-state index contributed by atoms with van der Waals surface area (Å²) in [5, 5.41) is 2.32. The van der Waals surface area contributed by atoms with Crippen LogP contribution in [0.25, 0.3) is 10.8 Å². The predicted octanol–water partition coefficient (Wildman–Crippen LogP) is 6.90. The van der Waals surface area contributed by atoms with E-state index in [2.05, 4.69) is 118 Å². The lowest BCUT2D eigenvalue weighted by atomic mass is 9.70. The average Bonchev–Trinajstić information content (AvgIpc) is 3.23. The fourth-order valence-corrected chi connectivity index (χ4v) is 5.70. The zero-order valence-corrected chi connectivity index (χ0v) is 26.3. The standard InChI is InChI=1S/C31H38B2O5.C2H6/c1-27(2)23-15-13-21(33-37-30(7,8)31(9,10)38-33)18-25(23)34-24-16-11-19-17-20(12-14-22(19)26(24)27)32-35-28(3,4)29(5,6)36-32;1-2/h11-18H,1-10H3;1-2H3. The summed E-state index contributed by atoms with van der Waals surface area (Å²) in [6.07, 6.45) is 0. The van der Waals surface area contributed by atoms with Crippen molar-refractivity contribution in [3.05, 3.63) is 59.7 Å². The number of hydrogen-bond donors (Lipinski definition) is 0. The number of fused-ring (bicyclic) bond motifs is 4. The van der Waals surface area contributed by atoms with Crippen LogP contribution in [0, 0.1) is 0 Å². The quantitative estimate of drug-likeness (QED) is 0.330. The zero-order chi connectivity index (χ0) is 29.5. The molecule has 2 fully saturated rings. The maximum atomic E-state index is 6.55. The molecule has 3 aliphatic heterocycles. The molecular weight excluding hydrogens is 498 g/mol. The Bertz CT molecular complexity index is 1420. The second-order valence-electron chi connectivity index (χ2n) is 13.6. The van der Waals surface area contributed by atoms with Crippen molar-refractivity contribution in [2.75, 3.05) is 0 Å². The van der Waals surface area contributed by atoms with Gasteiger partial charge in [0.15, 0.2) is 0 Å². The maximum absolute atomic E-state index is 6.55. The molecule has 0 spiro atoms. The molecule has 3 heterocycles. The first-order valence-electron chi connectivity index (χ1n) is 14.6. The van der Waals surface area contributed by atoms with Gasteiger partial charge in [-0.05, 0) is 89.2 Å². The van der Waals surface area contributed by atoms with Crippen LogP contribution in [0.5, 0.6) is 11.5 Å². The van der Waals surface area contributed by atoms with E-state index in [1.165, 1.54) is 10.9 Å². The van der Waals surface area contributed by atoms with Crippen molar-refractivity contribution in [2.45, 2.75) is 111 Å². The number of rotatable bonds is 2. The minimum absolute atomic E-state index is 0.261. The van der Waals surface area contributed by atoms with Crippen molar-refractivity contribution in [1.82, 2.24) is 0 Å². The first-order chi connectivity index (χ1) is 18.5. The molecule has 3 aromatic rings. The van der Waals surface area contributed by atoms with Crippen molar-refractivity contribution >= 4 is 35.9 Å². The van der Waals surface area contributed by atoms with Crippen molar-refractivity contribution in [3.63, 3.8) is 0 Å². The highest BCUT2D eigenvalue weighted by atomic mass is 16.7. The van der Waals surface area contributed by atoms with Crippen molar-refractivity contribution in [2.24, 2.45) is 0 Å². The van der Waals surface area contributed by atoms with Crippen LogP contribution >= 0.6 is 0 Å². The minimum atomic E-state index is -0.427. The van der Waals surface area contributed by atoms with E-state index in [1.807, 2.05) is 13.8 Å². The van der Waals surface area contributed by atoms with Crippen molar-refractivity contribution < 1.29 is 23.4 Å². The predicted molar refractivity (Wildman–Crippen MR) is 165 cm³/mol. The molecule has 0 atom stereocenters. The first-order valence-corrected chi connectivity index (χ1v) is 14.6. The highest BCUT2D eigenvalue weighted by Crippen LogP contribution is 2.50. The molecule has 40 heavy (non-hydrogen) atoms. The van der Waals surface area contributed by atoms with E-state index in [1.54, 1.807) is 0 Å². The molecule has 0 amide bonds. The Hall–Kier alpha value is -2.31. The van der Waals surface area contributed by atoms with Gasteiger partial charge >= 0.3 is 14.2 Å². The topological polar surface area (TPSA) is 46.2 Å². The molecule has 5 nitrogen and oxygen atoms in total. The lowest BCUT2D eigenvalue weighted by Crippen LogP contribution is -2.41. The first kappa shape index (κ1) is 29.2. The lowest BCUT2D eigenvalue weighted by Gasteiger charge is -2.36. The molecule has 0 aromatic heterocycles. The van der Waals surface area contributed by atoms with Crippen LogP contribution in [0.2, 0.25) is 0 Å². The van der Waals surface area contributed by atoms with E-state index in [0.29, 0.717) is 0 Å². The molecule has 0 saturated carbocycles. The van der Waals surface area contributed by atoms with Gasteiger partial charge in [-0.2, -0.15) is 0 Å². The third-order valence-electron chi connectivity index (χ3n) is 9.58. The van der Waals surface area contributed by atoms with E-state index in [0.717, 1.165) is 33.4 Å². The normalized spacial score (nSPS) is 22.7. The van der Waals surface area contributed by atoms with Crippen LogP contribution in [0.1, 0.15) is 94.2 Å². The third kappa shape index (κ3) is 4.41. The van der Waals surface area contributed by atoms with Gasteiger partial charge in [-0.1, -0.05) is 64.1 Å². The molecule has 0 radical (unpaired) electrons. The molecule has 7 heteroatoms. The molecule has 212 valence electrons. The number of benzene rings is 3. The van der Waals surface area contributed by atoms with Crippen molar-refractivity contribution in [1.29, 1.82) is 0 Å². The average molecular weight is 542 g/mol. The SMILES string of the molecule is CC.CC1(C)c2ccc(B3OC(C)(C)C(C)(C)O3)cc2Oc2ccc3cc(B4OC(C)(C)C(C)(C)O4)ccc3c21. The van der Waals surface area contributed by atoms with E-state index >= 15 is 0 Å². The van der Waals surface area contributed by atoms with Gasteiger partial charge in [0.2, 0.25) is 0 Å². The van der Waals surface area contributed by atoms with Crippen LogP contribution in [0.3, 0.4) is 0 Å². The monoisotopic (exact) mass is 542 g/mol. The van der Waals surface area contributed by atoms with Gasteiger partial charge in [-0.3, -0.25) is 0 Å².